The Hall–Kier alpha value is -0.860. The molecule has 2 nitrogen and oxygen atoms in total. The van der Waals surface area contributed by atoms with Crippen LogP contribution < -0.4 is 5.32 Å². The van der Waals surface area contributed by atoms with E-state index in [0.717, 1.165) is 26.1 Å². The monoisotopic (exact) mass is 205 g/mol. The minimum Gasteiger partial charge on any atom is -0.372 e. The number of ether oxygens (including phenoxy) is 1. The van der Waals surface area contributed by atoms with E-state index in [-0.39, 0.29) is 0 Å². The number of hydrogen-bond acceptors (Lipinski definition) is 2. The first-order chi connectivity index (χ1) is 7.24. The van der Waals surface area contributed by atoms with Gasteiger partial charge >= 0.3 is 0 Å². The van der Waals surface area contributed by atoms with Gasteiger partial charge < -0.3 is 10.1 Å². The fourth-order valence-corrected chi connectivity index (χ4v) is 2.14. The van der Waals surface area contributed by atoms with E-state index in [1.165, 1.54) is 16.7 Å². The van der Waals surface area contributed by atoms with Gasteiger partial charge in [-0.3, -0.25) is 0 Å². The van der Waals surface area contributed by atoms with Gasteiger partial charge in [0.15, 0.2) is 0 Å². The van der Waals surface area contributed by atoms with Crippen molar-refractivity contribution in [3.8, 4) is 0 Å². The molecule has 1 aliphatic heterocycles. The molecule has 82 valence electrons. The van der Waals surface area contributed by atoms with E-state index in [9.17, 15) is 0 Å². The fraction of sp³-hybridized carbons (Fsp3) is 0.538. The first-order valence-corrected chi connectivity index (χ1v) is 5.63. The number of aryl methyl sites for hydroxylation is 2. The van der Waals surface area contributed by atoms with Crippen LogP contribution in [0.2, 0.25) is 0 Å². The predicted molar refractivity (Wildman–Crippen MR) is 62.0 cm³/mol. The molecule has 1 saturated heterocycles. The zero-order chi connectivity index (χ0) is 10.7. The molecule has 1 aliphatic rings. The first kappa shape index (κ1) is 10.7. The maximum absolute atomic E-state index is 5.84. The minimum atomic E-state index is 0.408. The summed E-state index contributed by atoms with van der Waals surface area (Å²) < 4.78 is 5.84. The highest BCUT2D eigenvalue weighted by atomic mass is 16.5. The zero-order valence-electron chi connectivity index (χ0n) is 9.55. The molecule has 1 atom stereocenters. The van der Waals surface area contributed by atoms with Crippen LogP contribution in [0.3, 0.4) is 0 Å². The largest absolute Gasteiger partial charge is 0.372 e. The van der Waals surface area contributed by atoms with E-state index >= 15 is 0 Å². The SMILES string of the molecule is Cc1cc(C)cc(COC2CCNC2)c1. The van der Waals surface area contributed by atoms with Gasteiger partial charge in [0.2, 0.25) is 0 Å². The molecule has 2 heteroatoms. The van der Waals surface area contributed by atoms with Crippen LogP contribution in [0.4, 0.5) is 0 Å². The van der Waals surface area contributed by atoms with Crippen molar-refractivity contribution in [3.63, 3.8) is 0 Å². The number of nitrogens with one attached hydrogen (secondary N) is 1. The Morgan fingerprint density at radius 1 is 1.27 bits per heavy atom. The van der Waals surface area contributed by atoms with Crippen molar-refractivity contribution in [2.75, 3.05) is 13.1 Å². The van der Waals surface area contributed by atoms with Gasteiger partial charge in [-0.15, -0.1) is 0 Å². The van der Waals surface area contributed by atoms with Crippen molar-refractivity contribution < 1.29 is 4.74 Å². The Balaban J connectivity index is 1.92. The van der Waals surface area contributed by atoms with Gasteiger partial charge in [0.25, 0.3) is 0 Å². The molecule has 0 saturated carbocycles. The van der Waals surface area contributed by atoms with Gasteiger partial charge in [-0.2, -0.15) is 0 Å². The van der Waals surface area contributed by atoms with Crippen molar-refractivity contribution in [3.05, 3.63) is 34.9 Å². The molecule has 2 rings (SSSR count). The Labute approximate surface area is 91.6 Å². The minimum absolute atomic E-state index is 0.408. The van der Waals surface area contributed by atoms with E-state index in [1.54, 1.807) is 0 Å². The lowest BCUT2D eigenvalue weighted by Crippen LogP contribution is -2.16. The topological polar surface area (TPSA) is 21.3 Å². The van der Waals surface area contributed by atoms with E-state index in [0.29, 0.717) is 6.10 Å². The second-order valence-corrected chi connectivity index (χ2v) is 4.42. The number of benzene rings is 1. The normalized spacial score (nSPS) is 20.8. The van der Waals surface area contributed by atoms with Crippen LogP contribution in [0.15, 0.2) is 18.2 Å². The Morgan fingerprint density at radius 3 is 2.60 bits per heavy atom. The molecule has 0 amide bonds. The van der Waals surface area contributed by atoms with E-state index in [2.05, 4.69) is 37.4 Å². The van der Waals surface area contributed by atoms with Gasteiger partial charge in [0.1, 0.15) is 0 Å². The summed E-state index contributed by atoms with van der Waals surface area (Å²) in [6, 6.07) is 6.60. The summed E-state index contributed by atoms with van der Waals surface area (Å²) in [6.07, 6.45) is 1.55. The van der Waals surface area contributed by atoms with Gasteiger partial charge in [-0.1, -0.05) is 29.3 Å². The highest BCUT2D eigenvalue weighted by molar-refractivity contribution is 5.28. The third-order valence-corrected chi connectivity index (χ3v) is 2.78. The first-order valence-electron chi connectivity index (χ1n) is 5.63. The van der Waals surface area contributed by atoms with E-state index in [1.807, 2.05) is 0 Å². The molecule has 1 fully saturated rings. The van der Waals surface area contributed by atoms with Gasteiger partial charge in [0, 0.05) is 6.54 Å². The van der Waals surface area contributed by atoms with Crippen molar-refractivity contribution >= 4 is 0 Å². The molecule has 1 heterocycles. The lowest BCUT2D eigenvalue weighted by molar-refractivity contribution is 0.0542. The standard InChI is InChI=1S/C13H19NO/c1-10-5-11(2)7-12(6-10)9-15-13-3-4-14-8-13/h5-7,13-14H,3-4,8-9H2,1-2H3. The average Bonchev–Trinajstić information content (AvgIpc) is 2.65. The Bertz CT molecular complexity index is 309. The van der Waals surface area contributed by atoms with Crippen LogP contribution in [-0.2, 0) is 11.3 Å². The molecule has 0 aromatic heterocycles. The van der Waals surface area contributed by atoms with Crippen LogP contribution in [0, 0.1) is 13.8 Å². The second kappa shape index (κ2) is 4.77. The van der Waals surface area contributed by atoms with Crippen LogP contribution in [0.1, 0.15) is 23.1 Å². The smallest absolute Gasteiger partial charge is 0.0721 e. The molecule has 0 bridgehead atoms. The maximum atomic E-state index is 5.84. The van der Waals surface area contributed by atoms with Crippen molar-refractivity contribution in [1.29, 1.82) is 0 Å². The Morgan fingerprint density at radius 2 is 2.00 bits per heavy atom. The van der Waals surface area contributed by atoms with Gasteiger partial charge in [-0.05, 0) is 32.4 Å². The third kappa shape index (κ3) is 3.05. The molecule has 0 aliphatic carbocycles. The molecule has 1 aromatic rings. The number of hydrogen-bond donors (Lipinski definition) is 1. The zero-order valence-corrected chi connectivity index (χ0v) is 9.55. The lowest BCUT2D eigenvalue weighted by atomic mass is 10.1. The molecule has 15 heavy (non-hydrogen) atoms. The summed E-state index contributed by atoms with van der Waals surface area (Å²) in [5.41, 5.74) is 3.93. The van der Waals surface area contributed by atoms with Crippen LogP contribution >= 0.6 is 0 Å². The summed E-state index contributed by atoms with van der Waals surface area (Å²) in [7, 11) is 0. The van der Waals surface area contributed by atoms with Crippen molar-refractivity contribution in [1.82, 2.24) is 5.32 Å². The highest BCUT2D eigenvalue weighted by Gasteiger charge is 2.14. The predicted octanol–water partition coefficient (Wildman–Crippen LogP) is 2.18. The van der Waals surface area contributed by atoms with Crippen LogP contribution in [-0.4, -0.2) is 19.2 Å². The number of rotatable bonds is 3. The van der Waals surface area contributed by atoms with E-state index in [4.69, 9.17) is 4.74 Å². The fourth-order valence-electron chi connectivity index (χ4n) is 2.14. The summed E-state index contributed by atoms with van der Waals surface area (Å²) in [5, 5.41) is 3.31. The van der Waals surface area contributed by atoms with Crippen molar-refractivity contribution in [2.24, 2.45) is 0 Å². The summed E-state index contributed by atoms with van der Waals surface area (Å²) >= 11 is 0. The quantitative estimate of drug-likeness (QED) is 0.816. The molecular weight excluding hydrogens is 186 g/mol. The maximum Gasteiger partial charge on any atom is 0.0721 e. The summed E-state index contributed by atoms with van der Waals surface area (Å²) in [6.45, 7) is 7.11. The van der Waals surface area contributed by atoms with Gasteiger partial charge in [0.05, 0.1) is 12.7 Å². The molecule has 1 aromatic carbocycles. The van der Waals surface area contributed by atoms with Gasteiger partial charge in [-0.25, -0.2) is 0 Å². The second-order valence-electron chi connectivity index (χ2n) is 4.42. The van der Waals surface area contributed by atoms with Crippen LogP contribution in [0.25, 0.3) is 0 Å². The highest BCUT2D eigenvalue weighted by Crippen LogP contribution is 2.12. The van der Waals surface area contributed by atoms with E-state index < -0.39 is 0 Å². The summed E-state index contributed by atoms with van der Waals surface area (Å²) in [5.74, 6) is 0. The molecule has 0 radical (unpaired) electrons. The molecule has 1 N–H and O–H groups in total. The van der Waals surface area contributed by atoms with Crippen molar-refractivity contribution in [2.45, 2.75) is 33.0 Å². The molecule has 1 unspecified atom stereocenters. The summed E-state index contributed by atoms with van der Waals surface area (Å²) in [4.78, 5) is 0. The molecule has 0 spiro atoms. The molecular formula is C13H19NO. The third-order valence-electron chi connectivity index (χ3n) is 2.78. The average molecular weight is 205 g/mol. The lowest BCUT2D eigenvalue weighted by Gasteiger charge is -2.11. The van der Waals surface area contributed by atoms with Crippen LogP contribution in [0.5, 0.6) is 0 Å². The Kier molecular flexibility index (Phi) is 3.39.